The van der Waals surface area contributed by atoms with E-state index in [1.54, 1.807) is 12.4 Å². The Morgan fingerprint density at radius 3 is 2.69 bits per heavy atom. The van der Waals surface area contributed by atoms with Gasteiger partial charge in [0.1, 0.15) is 5.69 Å². The van der Waals surface area contributed by atoms with Crippen molar-refractivity contribution in [1.29, 1.82) is 0 Å². The number of piperazine rings is 1. The molecular weight excluding hydrogens is 326 g/mol. The molecule has 2 aromatic heterocycles. The Bertz CT molecular complexity index is 681. The molecule has 0 radical (unpaired) electrons. The summed E-state index contributed by atoms with van der Waals surface area (Å²) in [6.07, 6.45) is 6.21. The molecule has 4 heterocycles. The van der Waals surface area contributed by atoms with Gasteiger partial charge in [0.2, 0.25) is 0 Å². The number of rotatable bonds is 5. The number of piperidine rings is 1. The molecule has 2 aromatic rings. The van der Waals surface area contributed by atoms with Crippen LogP contribution in [0.4, 0.5) is 0 Å². The third-order valence-electron chi connectivity index (χ3n) is 5.63. The first-order chi connectivity index (χ1) is 12.8. The Balaban J connectivity index is 1.30. The van der Waals surface area contributed by atoms with E-state index in [1.807, 2.05) is 12.1 Å². The van der Waals surface area contributed by atoms with Gasteiger partial charge in [-0.25, -0.2) is 0 Å². The third-order valence-corrected chi connectivity index (χ3v) is 5.63. The number of likely N-dealkylation sites (N-methyl/N-ethyl adjacent to an activating group) is 1. The van der Waals surface area contributed by atoms with E-state index in [0.717, 1.165) is 42.6 Å². The Hall–Kier alpha value is -1.76. The fourth-order valence-corrected chi connectivity index (χ4v) is 4.11. The quantitative estimate of drug-likeness (QED) is 0.819. The standard InChI is InChI=1S/C20H29N5O/c1-23-9-11-24(12-10-23)14-17-3-2-8-25(15-17)16-19-13-20(22-26-19)18-4-6-21-7-5-18/h4-7,13,17H,2-3,8-12,14-16H2,1H3. The molecule has 0 amide bonds. The summed E-state index contributed by atoms with van der Waals surface area (Å²) < 4.78 is 5.59. The maximum atomic E-state index is 5.59. The Morgan fingerprint density at radius 1 is 1.08 bits per heavy atom. The third kappa shape index (κ3) is 4.50. The van der Waals surface area contributed by atoms with Crippen molar-refractivity contribution >= 4 is 0 Å². The summed E-state index contributed by atoms with van der Waals surface area (Å²) in [6.45, 7) is 9.25. The predicted octanol–water partition coefficient (Wildman–Crippen LogP) is 2.20. The molecule has 0 saturated carbocycles. The molecule has 2 aliphatic rings. The van der Waals surface area contributed by atoms with Crippen molar-refractivity contribution in [3.05, 3.63) is 36.4 Å². The van der Waals surface area contributed by atoms with Crippen LogP contribution in [0, 0.1) is 5.92 Å². The first kappa shape index (κ1) is 17.6. The van der Waals surface area contributed by atoms with Gasteiger partial charge < -0.3 is 14.3 Å². The van der Waals surface area contributed by atoms with Crippen molar-refractivity contribution in [2.45, 2.75) is 19.4 Å². The molecule has 6 nitrogen and oxygen atoms in total. The van der Waals surface area contributed by atoms with Crippen molar-refractivity contribution in [2.24, 2.45) is 5.92 Å². The molecule has 26 heavy (non-hydrogen) atoms. The summed E-state index contributed by atoms with van der Waals surface area (Å²) in [4.78, 5) is 11.7. The first-order valence-electron chi connectivity index (χ1n) is 9.75. The van der Waals surface area contributed by atoms with E-state index in [1.165, 1.54) is 45.6 Å². The van der Waals surface area contributed by atoms with Crippen LogP contribution in [0.3, 0.4) is 0 Å². The monoisotopic (exact) mass is 355 g/mol. The second-order valence-corrected chi connectivity index (χ2v) is 7.76. The minimum atomic E-state index is 0.773. The summed E-state index contributed by atoms with van der Waals surface area (Å²) in [5.41, 5.74) is 1.95. The van der Waals surface area contributed by atoms with E-state index < -0.39 is 0 Å². The largest absolute Gasteiger partial charge is 0.359 e. The molecule has 2 aliphatic heterocycles. The summed E-state index contributed by atoms with van der Waals surface area (Å²) in [5.74, 6) is 1.73. The highest BCUT2D eigenvalue weighted by Crippen LogP contribution is 2.23. The van der Waals surface area contributed by atoms with Gasteiger partial charge >= 0.3 is 0 Å². The Morgan fingerprint density at radius 2 is 1.88 bits per heavy atom. The zero-order chi connectivity index (χ0) is 17.8. The molecule has 6 heteroatoms. The number of likely N-dealkylation sites (tertiary alicyclic amines) is 1. The Labute approximate surface area is 155 Å². The average Bonchev–Trinajstić information content (AvgIpc) is 3.13. The van der Waals surface area contributed by atoms with Crippen LogP contribution in [0.5, 0.6) is 0 Å². The summed E-state index contributed by atoms with van der Waals surface area (Å²) >= 11 is 0. The van der Waals surface area contributed by atoms with Gasteiger partial charge in [0.05, 0.1) is 6.54 Å². The maximum absolute atomic E-state index is 5.59. The van der Waals surface area contributed by atoms with Crippen LogP contribution in [0.2, 0.25) is 0 Å². The minimum Gasteiger partial charge on any atom is -0.359 e. The topological polar surface area (TPSA) is 48.6 Å². The van der Waals surface area contributed by atoms with Crippen LogP contribution in [0.15, 0.2) is 35.1 Å². The van der Waals surface area contributed by atoms with E-state index >= 15 is 0 Å². The maximum Gasteiger partial charge on any atom is 0.151 e. The molecule has 1 atom stereocenters. The number of aromatic nitrogens is 2. The molecule has 0 bridgehead atoms. The lowest BCUT2D eigenvalue weighted by molar-refractivity contribution is 0.0927. The van der Waals surface area contributed by atoms with Gasteiger partial charge in [0, 0.05) is 63.3 Å². The van der Waals surface area contributed by atoms with Gasteiger partial charge in [-0.15, -0.1) is 0 Å². The Kier molecular flexibility index (Phi) is 5.62. The fourth-order valence-electron chi connectivity index (χ4n) is 4.11. The van der Waals surface area contributed by atoms with Crippen molar-refractivity contribution < 1.29 is 4.52 Å². The van der Waals surface area contributed by atoms with E-state index in [9.17, 15) is 0 Å². The van der Waals surface area contributed by atoms with Crippen LogP contribution in [-0.2, 0) is 6.54 Å². The van der Waals surface area contributed by atoms with Gasteiger partial charge in [-0.2, -0.15) is 0 Å². The van der Waals surface area contributed by atoms with Crippen molar-refractivity contribution in [3.8, 4) is 11.3 Å². The normalized spacial score (nSPS) is 23.3. The lowest BCUT2D eigenvalue weighted by atomic mass is 9.97. The lowest BCUT2D eigenvalue weighted by Gasteiger charge is -2.38. The molecule has 0 spiro atoms. The zero-order valence-electron chi connectivity index (χ0n) is 15.7. The van der Waals surface area contributed by atoms with Crippen LogP contribution in [-0.4, -0.2) is 77.7 Å². The number of hydrogen-bond donors (Lipinski definition) is 0. The summed E-state index contributed by atoms with van der Waals surface area (Å²) in [7, 11) is 2.22. The lowest BCUT2D eigenvalue weighted by Crippen LogP contribution is -2.48. The average molecular weight is 355 g/mol. The number of nitrogens with zero attached hydrogens (tertiary/aromatic N) is 5. The van der Waals surface area contributed by atoms with Crippen molar-refractivity contribution in [3.63, 3.8) is 0 Å². The van der Waals surface area contributed by atoms with Crippen LogP contribution >= 0.6 is 0 Å². The summed E-state index contributed by atoms with van der Waals surface area (Å²) in [5, 5.41) is 4.23. The molecule has 2 saturated heterocycles. The van der Waals surface area contributed by atoms with E-state index in [0.29, 0.717) is 0 Å². The molecule has 0 aromatic carbocycles. The van der Waals surface area contributed by atoms with Crippen molar-refractivity contribution in [1.82, 2.24) is 24.8 Å². The van der Waals surface area contributed by atoms with Gasteiger partial charge in [-0.3, -0.25) is 9.88 Å². The second-order valence-electron chi connectivity index (χ2n) is 7.76. The van der Waals surface area contributed by atoms with Gasteiger partial charge in [-0.1, -0.05) is 5.16 Å². The first-order valence-corrected chi connectivity index (χ1v) is 9.75. The second kappa shape index (κ2) is 8.29. The van der Waals surface area contributed by atoms with E-state index in [2.05, 4.69) is 38.0 Å². The number of hydrogen-bond acceptors (Lipinski definition) is 6. The van der Waals surface area contributed by atoms with Gasteiger partial charge in [0.25, 0.3) is 0 Å². The molecular formula is C20H29N5O. The highest BCUT2D eigenvalue weighted by Gasteiger charge is 2.24. The highest BCUT2D eigenvalue weighted by molar-refractivity contribution is 5.57. The van der Waals surface area contributed by atoms with Gasteiger partial charge in [-0.05, 0) is 44.5 Å². The smallest absolute Gasteiger partial charge is 0.151 e. The number of pyridine rings is 1. The van der Waals surface area contributed by atoms with E-state index in [-0.39, 0.29) is 0 Å². The van der Waals surface area contributed by atoms with Crippen LogP contribution in [0.25, 0.3) is 11.3 Å². The molecule has 2 fully saturated rings. The SMILES string of the molecule is CN1CCN(CC2CCCN(Cc3cc(-c4ccncc4)no3)C2)CC1. The van der Waals surface area contributed by atoms with Crippen LogP contribution < -0.4 is 0 Å². The predicted molar refractivity (Wildman–Crippen MR) is 102 cm³/mol. The van der Waals surface area contributed by atoms with Crippen molar-refractivity contribution in [2.75, 3.05) is 52.9 Å². The van der Waals surface area contributed by atoms with Gasteiger partial charge in [0.15, 0.2) is 5.76 Å². The zero-order valence-corrected chi connectivity index (χ0v) is 15.7. The molecule has 1 unspecified atom stereocenters. The fraction of sp³-hybridized carbons (Fsp3) is 0.600. The molecule has 0 N–H and O–H groups in total. The molecule has 4 rings (SSSR count). The molecule has 0 aliphatic carbocycles. The summed E-state index contributed by atoms with van der Waals surface area (Å²) in [6, 6.07) is 6.00. The van der Waals surface area contributed by atoms with E-state index in [4.69, 9.17) is 4.52 Å². The molecule has 140 valence electrons. The van der Waals surface area contributed by atoms with Crippen LogP contribution in [0.1, 0.15) is 18.6 Å². The highest BCUT2D eigenvalue weighted by atomic mass is 16.5. The minimum absolute atomic E-state index is 0.773.